The lowest BCUT2D eigenvalue weighted by molar-refractivity contribution is 0.553. The van der Waals surface area contributed by atoms with Crippen LogP contribution in [0.1, 0.15) is 42.0 Å². The van der Waals surface area contributed by atoms with E-state index in [0.717, 1.165) is 51.0 Å². The van der Waals surface area contributed by atoms with Crippen LogP contribution in [0, 0.1) is 0 Å². The molecule has 0 saturated carbocycles. The zero-order valence-corrected chi connectivity index (χ0v) is 26.2. The summed E-state index contributed by atoms with van der Waals surface area (Å²) >= 11 is 4.98. The second-order valence-electron chi connectivity index (χ2n) is 11.0. The van der Waals surface area contributed by atoms with Crippen molar-refractivity contribution in [1.29, 1.82) is 0 Å². The first-order valence-corrected chi connectivity index (χ1v) is 15.5. The van der Waals surface area contributed by atoms with E-state index in [4.69, 9.17) is 4.99 Å². The van der Waals surface area contributed by atoms with E-state index in [1.165, 1.54) is 33.7 Å². The molecule has 7 heteroatoms. The monoisotopic (exact) mass is 624 g/mol. The van der Waals surface area contributed by atoms with Crippen molar-refractivity contribution in [2.24, 2.45) is 4.99 Å². The molecule has 0 saturated heterocycles. The van der Waals surface area contributed by atoms with Crippen molar-refractivity contribution < 1.29 is 0 Å². The van der Waals surface area contributed by atoms with Gasteiger partial charge in [0.25, 0.3) is 5.56 Å². The van der Waals surface area contributed by atoms with Crippen LogP contribution in [0.15, 0.2) is 104 Å². The number of hydrogen-bond acceptors (Lipinski definition) is 5. The van der Waals surface area contributed by atoms with Gasteiger partial charge in [-0.25, -0.2) is 4.99 Å². The normalized spacial score (nSPS) is 17.7. The zero-order chi connectivity index (χ0) is 28.7. The topological polar surface area (TPSA) is 40.8 Å². The van der Waals surface area contributed by atoms with Crippen LogP contribution in [0.4, 0.5) is 11.4 Å². The number of thiazole rings is 1. The van der Waals surface area contributed by atoms with Crippen LogP contribution >= 0.6 is 27.3 Å². The molecule has 6 rings (SSSR count). The van der Waals surface area contributed by atoms with Gasteiger partial charge in [-0.2, -0.15) is 0 Å². The van der Waals surface area contributed by atoms with Gasteiger partial charge in [0.1, 0.15) is 0 Å². The Bertz CT molecular complexity index is 1830. The van der Waals surface area contributed by atoms with E-state index in [1.54, 1.807) is 0 Å². The maximum Gasteiger partial charge on any atom is 0.271 e. The number of benzene rings is 3. The highest BCUT2D eigenvalue weighted by Gasteiger charge is 2.32. The molecule has 1 aromatic heterocycles. The molecule has 3 aromatic carbocycles. The summed E-state index contributed by atoms with van der Waals surface area (Å²) in [6, 6.07) is 25.1. The van der Waals surface area contributed by atoms with Crippen LogP contribution in [0.25, 0.3) is 12.2 Å². The number of anilines is 2. The zero-order valence-electron chi connectivity index (χ0n) is 23.8. The number of rotatable bonds is 5. The Morgan fingerprint density at radius 2 is 1.41 bits per heavy atom. The van der Waals surface area contributed by atoms with Crippen LogP contribution in [-0.4, -0.2) is 32.8 Å². The van der Waals surface area contributed by atoms with Crippen molar-refractivity contribution in [3.8, 4) is 0 Å². The molecule has 0 spiro atoms. The molecular formula is C34H33BrN4OS. The van der Waals surface area contributed by atoms with Crippen LogP contribution in [0.2, 0.25) is 0 Å². The van der Waals surface area contributed by atoms with Gasteiger partial charge < -0.3 is 9.80 Å². The number of fused-ring (bicyclic) bond motifs is 1. The molecule has 2 aliphatic rings. The first-order chi connectivity index (χ1) is 19.8. The maximum absolute atomic E-state index is 14.0. The molecule has 208 valence electrons. The van der Waals surface area contributed by atoms with Gasteiger partial charge in [-0.3, -0.25) is 9.36 Å². The largest absolute Gasteiger partial charge is 0.378 e. The molecule has 5 nitrogen and oxygen atoms in total. The van der Waals surface area contributed by atoms with E-state index < -0.39 is 0 Å². The van der Waals surface area contributed by atoms with Crippen LogP contribution in [-0.2, 0) is 0 Å². The molecule has 1 unspecified atom stereocenters. The van der Waals surface area contributed by atoms with E-state index in [2.05, 4.69) is 94.4 Å². The Kier molecular flexibility index (Phi) is 7.58. The summed E-state index contributed by atoms with van der Waals surface area (Å²) in [5, 5.41) is 0. The van der Waals surface area contributed by atoms with Crippen molar-refractivity contribution in [1.82, 2.24) is 4.57 Å². The quantitative estimate of drug-likeness (QED) is 0.259. The third kappa shape index (κ3) is 5.48. The predicted octanol–water partition coefficient (Wildman–Crippen LogP) is 6.38. The van der Waals surface area contributed by atoms with E-state index in [1.807, 2.05) is 49.0 Å². The highest BCUT2D eigenvalue weighted by molar-refractivity contribution is 9.10. The fraction of sp³-hybridized carbons (Fsp3) is 0.235. The van der Waals surface area contributed by atoms with Gasteiger partial charge in [0.05, 0.1) is 16.3 Å². The SMILES string of the molecule is CN(C)c1ccc(/C=C2/CCCC3=C2N=c2s/c(=C/c4ccc(Br)cc4)c(=O)n2C3c2ccc(N(C)C)cc2)cc1. The summed E-state index contributed by atoms with van der Waals surface area (Å²) in [4.78, 5) is 24.2. The summed E-state index contributed by atoms with van der Waals surface area (Å²) in [7, 11) is 8.20. The minimum Gasteiger partial charge on any atom is -0.378 e. The maximum atomic E-state index is 14.0. The van der Waals surface area contributed by atoms with E-state index >= 15 is 0 Å². The molecule has 1 aliphatic carbocycles. The third-order valence-corrected chi connectivity index (χ3v) is 9.29. The second-order valence-corrected chi connectivity index (χ2v) is 12.9. The van der Waals surface area contributed by atoms with Gasteiger partial charge in [0, 0.05) is 44.0 Å². The van der Waals surface area contributed by atoms with Crippen LogP contribution < -0.4 is 24.7 Å². The second kappa shape index (κ2) is 11.3. The van der Waals surface area contributed by atoms with Crippen molar-refractivity contribution >= 4 is 50.8 Å². The fourth-order valence-electron chi connectivity index (χ4n) is 5.59. The lowest BCUT2D eigenvalue weighted by Crippen LogP contribution is -2.39. The van der Waals surface area contributed by atoms with Gasteiger partial charge in [-0.05, 0) is 95.6 Å². The number of hydrogen-bond donors (Lipinski definition) is 0. The van der Waals surface area contributed by atoms with E-state index in [-0.39, 0.29) is 11.6 Å². The molecule has 1 atom stereocenters. The standard InChI is InChI=1S/C34H33BrN4OS/c1-37(2)27-16-10-22(11-17-27)20-25-6-5-7-29-31(25)36-34-39(32(29)24-12-18-28(19-13-24)38(3)4)33(40)30(41-34)21-23-8-14-26(35)15-9-23/h8-21,32H,5-7H2,1-4H3/b25-20-,30-21+. The first-order valence-electron chi connectivity index (χ1n) is 13.8. The van der Waals surface area contributed by atoms with Crippen LogP contribution in [0.3, 0.4) is 0 Å². The lowest BCUT2D eigenvalue weighted by atomic mass is 9.83. The van der Waals surface area contributed by atoms with E-state index in [0.29, 0.717) is 4.53 Å². The van der Waals surface area contributed by atoms with Gasteiger partial charge in [-0.1, -0.05) is 63.7 Å². The Balaban J connectivity index is 1.53. The van der Waals surface area contributed by atoms with Crippen molar-refractivity contribution in [2.75, 3.05) is 38.0 Å². The molecule has 2 heterocycles. The molecule has 0 amide bonds. The molecule has 0 fully saturated rings. The molecule has 1 aliphatic heterocycles. The molecule has 0 radical (unpaired) electrons. The Labute approximate surface area is 253 Å². The van der Waals surface area contributed by atoms with Crippen LogP contribution in [0.5, 0.6) is 0 Å². The molecule has 4 aromatic rings. The summed E-state index contributed by atoms with van der Waals surface area (Å²) < 4.78 is 3.64. The molecule has 0 bridgehead atoms. The number of nitrogens with zero attached hydrogens (tertiary/aromatic N) is 4. The number of aromatic nitrogens is 1. The van der Waals surface area contributed by atoms with Gasteiger partial charge in [0.2, 0.25) is 0 Å². The van der Waals surface area contributed by atoms with Gasteiger partial charge >= 0.3 is 0 Å². The highest BCUT2D eigenvalue weighted by Crippen LogP contribution is 2.41. The third-order valence-electron chi connectivity index (χ3n) is 7.78. The summed E-state index contributed by atoms with van der Waals surface area (Å²) in [6.07, 6.45) is 7.18. The Morgan fingerprint density at radius 3 is 2.05 bits per heavy atom. The summed E-state index contributed by atoms with van der Waals surface area (Å²) in [5.41, 5.74) is 9.12. The minimum atomic E-state index is -0.177. The van der Waals surface area contributed by atoms with Crippen molar-refractivity contribution in [3.63, 3.8) is 0 Å². The van der Waals surface area contributed by atoms with Gasteiger partial charge in [0.15, 0.2) is 4.80 Å². The first kappa shape index (κ1) is 27.5. The Hall–Kier alpha value is -3.68. The Morgan fingerprint density at radius 1 is 0.829 bits per heavy atom. The predicted molar refractivity (Wildman–Crippen MR) is 176 cm³/mol. The minimum absolute atomic E-state index is 0.0142. The lowest BCUT2D eigenvalue weighted by Gasteiger charge is -2.31. The van der Waals surface area contributed by atoms with Gasteiger partial charge in [-0.15, -0.1) is 0 Å². The average Bonchev–Trinajstić information content (AvgIpc) is 3.28. The smallest absolute Gasteiger partial charge is 0.271 e. The molecule has 0 N–H and O–H groups in total. The fourth-order valence-corrected chi connectivity index (χ4v) is 6.86. The number of allylic oxidation sites excluding steroid dienone is 2. The summed E-state index contributed by atoms with van der Waals surface area (Å²) in [5.74, 6) is 0. The van der Waals surface area contributed by atoms with E-state index in [9.17, 15) is 4.79 Å². The molecule has 41 heavy (non-hydrogen) atoms. The average molecular weight is 626 g/mol. The van der Waals surface area contributed by atoms with Crippen molar-refractivity contribution in [2.45, 2.75) is 25.3 Å². The number of halogens is 1. The molecular weight excluding hydrogens is 592 g/mol. The highest BCUT2D eigenvalue weighted by atomic mass is 79.9. The van der Waals surface area contributed by atoms with Crippen molar-refractivity contribution in [3.05, 3.63) is 130 Å². The summed E-state index contributed by atoms with van der Waals surface area (Å²) in [6.45, 7) is 0.